The Morgan fingerprint density at radius 3 is 1.78 bits per heavy atom. The minimum absolute atomic E-state index is 0.236. The molecule has 158 valence electrons. The number of para-hydroxylation sites is 2. The molecule has 0 amide bonds. The highest BCUT2D eigenvalue weighted by molar-refractivity contribution is 7.92. The summed E-state index contributed by atoms with van der Waals surface area (Å²) in [6.07, 6.45) is 0. The first-order chi connectivity index (χ1) is 15.5. The lowest BCUT2D eigenvalue weighted by atomic mass is 10.1. The van der Waals surface area contributed by atoms with Gasteiger partial charge in [-0.3, -0.25) is 4.72 Å². The number of nitrogens with zero attached hydrogens (tertiary/aromatic N) is 1. The summed E-state index contributed by atoms with van der Waals surface area (Å²) >= 11 is 0. The molecule has 0 saturated heterocycles. The van der Waals surface area contributed by atoms with Gasteiger partial charge in [-0.05, 0) is 55.5 Å². The summed E-state index contributed by atoms with van der Waals surface area (Å²) in [6, 6.07) is 30.0. The van der Waals surface area contributed by atoms with Crippen molar-refractivity contribution >= 4 is 48.9 Å². The van der Waals surface area contributed by atoms with E-state index in [9.17, 15) is 8.42 Å². The van der Waals surface area contributed by atoms with E-state index < -0.39 is 10.0 Å². The molecule has 5 nitrogen and oxygen atoms in total. The minimum Gasteiger partial charge on any atom is -0.354 e. The van der Waals surface area contributed by atoms with E-state index in [2.05, 4.69) is 10.0 Å². The molecule has 0 spiro atoms. The first-order valence-corrected chi connectivity index (χ1v) is 11.7. The Morgan fingerprint density at radius 2 is 1.19 bits per heavy atom. The van der Waals surface area contributed by atoms with Gasteiger partial charge < -0.3 is 5.32 Å². The summed E-state index contributed by atoms with van der Waals surface area (Å²) in [7, 11) is -3.64. The lowest BCUT2D eigenvalue weighted by molar-refractivity contribution is 0.601. The van der Waals surface area contributed by atoms with E-state index in [1.54, 1.807) is 36.4 Å². The van der Waals surface area contributed by atoms with Crippen molar-refractivity contribution in [2.75, 3.05) is 10.0 Å². The number of nitrogens with one attached hydrogen (secondary N) is 2. The number of fused-ring (bicyclic) bond motifs is 2. The molecular weight excluding hydrogens is 418 g/mol. The molecule has 5 aromatic rings. The molecule has 0 unspecified atom stereocenters. The van der Waals surface area contributed by atoms with Crippen molar-refractivity contribution in [1.82, 2.24) is 4.98 Å². The molecule has 0 atom stereocenters. The van der Waals surface area contributed by atoms with Gasteiger partial charge in [0.1, 0.15) is 0 Å². The van der Waals surface area contributed by atoms with E-state index in [1.807, 2.05) is 67.6 Å². The Labute approximate surface area is 186 Å². The number of hydrogen-bond donors (Lipinski definition) is 2. The van der Waals surface area contributed by atoms with Crippen molar-refractivity contribution in [3.63, 3.8) is 0 Å². The molecule has 0 bridgehead atoms. The molecule has 0 aliphatic carbocycles. The van der Waals surface area contributed by atoms with Crippen LogP contribution in [0.1, 0.15) is 5.56 Å². The maximum atomic E-state index is 12.6. The quantitative estimate of drug-likeness (QED) is 0.318. The number of rotatable bonds is 5. The Morgan fingerprint density at radius 1 is 0.656 bits per heavy atom. The normalized spacial score (nSPS) is 11.5. The van der Waals surface area contributed by atoms with Gasteiger partial charge in [0.05, 0.1) is 21.6 Å². The smallest absolute Gasteiger partial charge is 0.261 e. The molecule has 0 aliphatic heterocycles. The van der Waals surface area contributed by atoms with Crippen molar-refractivity contribution in [3.05, 3.63) is 103 Å². The Hall–Kier alpha value is -3.90. The van der Waals surface area contributed by atoms with Crippen LogP contribution in [0, 0.1) is 6.92 Å². The molecule has 5 rings (SSSR count). The van der Waals surface area contributed by atoms with Gasteiger partial charge in [-0.2, -0.15) is 0 Å². The second-order valence-electron chi connectivity index (χ2n) is 7.64. The average molecular weight is 440 g/mol. The van der Waals surface area contributed by atoms with Gasteiger partial charge in [-0.25, -0.2) is 13.4 Å². The summed E-state index contributed by atoms with van der Waals surface area (Å²) < 4.78 is 27.9. The van der Waals surface area contributed by atoms with Crippen LogP contribution in [0.5, 0.6) is 0 Å². The summed E-state index contributed by atoms with van der Waals surface area (Å²) in [6.45, 7) is 1.92. The number of sulfonamides is 1. The third-order valence-electron chi connectivity index (χ3n) is 5.33. The van der Waals surface area contributed by atoms with Gasteiger partial charge in [-0.15, -0.1) is 0 Å². The number of hydrogen-bond acceptors (Lipinski definition) is 4. The molecule has 0 aliphatic rings. The Bertz CT molecular complexity index is 1470. The van der Waals surface area contributed by atoms with E-state index in [1.165, 1.54) is 0 Å². The summed E-state index contributed by atoms with van der Waals surface area (Å²) in [5.41, 5.74) is 5.16. The van der Waals surface area contributed by atoms with Crippen LogP contribution in [-0.4, -0.2) is 13.4 Å². The summed E-state index contributed by atoms with van der Waals surface area (Å²) in [4.78, 5) is 4.99. The first kappa shape index (κ1) is 20.0. The van der Waals surface area contributed by atoms with Crippen molar-refractivity contribution in [2.24, 2.45) is 0 Å². The average Bonchev–Trinajstić information content (AvgIpc) is 2.80. The van der Waals surface area contributed by atoms with Gasteiger partial charge in [0.15, 0.2) is 0 Å². The van der Waals surface area contributed by atoms with Crippen LogP contribution in [0.25, 0.3) is 21.8 Å². The Kier molecular flexibility index (Phi) is 4.99. The van der Waals surface area contributed by atoms with Crippen LogP contribution in [0.4, 0.5) is 17.1 Å². The maximum absolute atomic E-state index is 12.6. The van der Waals surface area contributed by atoms with Crippen molar-refractivity contribution in [2.45, 2.75) is 11.8 Å². The summed E-state index contributed by atoms with van der Waals surface area (Å²) in [5.74, 6) is 0. The predicted octanol–water partition coefficient (Wildman–Crippen LogP) is 6.24. The van der Waals surface area contributed by atoms with Crippen molar-refractivity contribution < 1.29 is 8.42 Å². The van der Waals surface area contributed by atoms with Crippen LogP contribution in [0.15, 0.2) is 102 Å². The minimum atomic E-state index is -3.64. The lowest BCUT2D eigenvalue weighted by Gasteiger charge is -2.14. The standard InChI is InChI=1S/C26H21N3O2S/c1-18-10-16-21(17-11-18)32(30,31)29-20-14-12-19(13-15-20)27-26-22-6-2-4-8-24(22)28-25-9-5-3-7-23(25)26/h2-17,29H,1H3,(H,27,28). The van der Waals surface area contributed by atoms with E-state index >= 15 is 0 Å². The van der Waals surface area contributed by atoms with Gasteiger partial charge in [0.25, 0.3) is 10.0 Å². The topological polar surface area (TPSA) is 71.1 Å². The van der Waals surface area contributed by atoms with Gasteiger partial charge >= 0.3 is 0 Å². The molecule has 4 aromatic carbocycles. The van der Waals surface area contributed by atoms with Crippen LogP contribution in [-0.2, 0) is 10.0 Å². The molecule has 32 heavy (non-hydrogen) atoms. The van der Waals surface area contributed by atoms with Crippen LogP contribution < -0.4 is 10.0 Å². The second-order valence-corrected chi connectivity index (χ2v) is 9.32. The van der Waals surface area contributed by atoms with E-state index in [0.29, 0.717) is 5.69 Å². The molecule has 1 aromatic heterocycles. The maximum Gasteiger partial charge on any atom is 0.261 e. The van der Waals surface area contributed by atoms with Gasteiger partial charge in [0.2, 0.25) is 0 Å². The van der Waals surface area contributed by atoms with Crippen molar-refractivity contribution in [1.29, 1.82) is 0 Å². The van der Waals surface area contributed by atoms with E-state index in [-0.39, 0.29) is 4.90 Å². The second kappa shape index (κ2) is 7.98. The fraction of sp³-hybridized carbons (Fsp3) is 0.0385. The zero-order chi connectivity index (χ0) is 22.1. The lowest BCUT2D eigenvalue weighted by Crippen LogP contribution is -2.12. The fourth-order valence-corrected chi connectivity index (χ4v) is 4.73. The predicted molar refractivity (Wildman–Crippen MR) is 131 cm³/mol. The molecule has 2 N–H and O–H groups in total. The number of aromatic nitrogens is 1. The number of anilines is 3. The number of benzene rings is 4. The van der Waals surface area contributed by atoms with Crippen LogP contribution in [0.3, 0.4) is 0 Å². The highest BCUT2D eigenvalue weighted by Crippen LogP contribution is 2.33. The molecular formula is C26H21N3O2S. The highest BCUT2D eigenvalue weighted by atomic mass is 32.2. The zero-order valence-electron chi connectivity index (χ0n) is 17.4. The number of pyridine rings is 1. The van der Waals surface area contributed by atoms with E-state index in [4.69, 9.17) is 4.98 Å². The Balaban J connectivity index is 1.45. The van der Waals surface area contributed by atoms with Gasteiger partial charge in [0, 0.05) is 22.1 Å². The van der Waals surface area contributed by atoms with Gasteiger partial charge in [-0.1, -0.05) is 54.1 Å². The van der Waals surface area contributed by atoms with Crippen LogP contribution >= 0.6 is 0 Å². The molecule has 0 saturated carbocycles. The third-order valence-corrected chi connectivity index (χ3v) is 6.72. The molecule has 0 fully saturated rings. The third kappa shape index (κ3) is 3.88. The van der Waals surface area contributed by atoms with E-state index in [0.717, 1.165) is 38.7 Å². The fourth-order valence-electron chi connectivity index (χ4n) is 3.67. The monoisotopic (exact) mass is 439 g/mol. The number of aryl methyl sites for hydroxylation is 1. The molecule has 6 heteroatoms. The SMILES string of the molecule is Cc1ccc(S(=O)(=O)Nc2ccc(Nc3c4ccccc4nc4ccccc34)cc2)cc1. The molecule has 1 heterocycles. The zero-order valence-corrected chi connectivity index (χ0v) is 18.2. The molecule has 0 radical (unpaired) electrons. The largest absolute Gasteiger partial charge is 0.354 e. The van der Waals surface area contributed by atoms with Crippen LogP contribution in [0.2, 0.25) is 0 Å². The van der Waals surface area contributed by atoms with Crippen molar-refractivity contribution in [3.8, 4) is 0 Å². The first-order valence-electron chi connectivity index (χ1n) is 10.2. The highest BCUT2D eigenvalue weighted by Gasteiger charge is 2.14. The summed E-state index contributed by atoms with van der Waals surface area (Å²) in [5, 5.41) is 5.55.